The van der Waals surface area contributed by atoms with Crippen LogP contribution in [0.25, 0.3) is 11.3 Å². The van der Waals surface area contributed by atoms with Gasteiger partial charge in [0.1, 0.15) is 12.4 Å². The first-order valence-electron chi connectivity index (χ1n) is 6.39. The number of nitrogens with zero attached hydrogens (tertiary/aromatic N) is 3. The van der Waals surface area contributed by atoms with E-state index in [1.165, 1.54) is 13.8 Å². The maximum Gasteiger partial charge on any atom is 0.224 e. The summed E-state index contributed by atoms with van der Waals surface area (Å²) in [6, 6.07) is 3.35. The second-order valence-corrected chi connectivity index (χ2v) is 6.38. The monoisotopic (exact) mass is 417 g/mol. The molecule has 0 saturated carbocycles. The molecule has 118 valence electrons. The predicted octanol–water partition coefficient (Wildman–Crippen LogP) is 2.33. The van der Waals surface area contributed by atoms with Crippen LogP contribution in [0.4, 0.5) is 5.82 Å². The van der Waals surface area contributed by atoms with Crippen LogP contribution in [0.15, 0.2) is 24.9 Å². The molecule has 0 unspecified atom stereocenters. The minimum absolute atomic E-state index is 0.0513. The molecule has 0 saturated heterocycles. The molecular weight excluding hydrogens is 401 g/mol. The Bertz CT molecular complexity index is 721. The van der Waals surface area contributed by atoms with Crippen molar-refractivity contribution in [2.75, 3.05) is 9.72 Å². The van der Waals surface area contributed by atoms with E-state index in [4.69, 9.17) is 4.74 Å². The Morgan fingerprint density at radius 2 is 2.27 bits per heavy atom. The van der Waals surface area contributed by atoms with E-state index in [0.29, 0.717) is 29.1 Å². The molecule has 0 atom stereocenters. The minimum atomic E-state index is -1.02. The van der Waals surface area contributed by atoms with Crippen LogP contribution >= 0.6 is 22.9 Å². The number of amides is 1. The van der Waals surface area contributed by atoms with Crippen LogP contribution in [0, 0.1) is 0 Å². The zero-order valence-corrected chi connectivity index (χ0v) is 14.3. The van der Waals surface area contributed by atoms with Gasteiger partial charge in [-0.1, -0.05) is 6.58 Å². The quantitative estimate of drug-likeness (QED) is 0.326. The predicted molar refractivity (Wildman–Crippen MR) is 91.2 cm³/mol. The third-order valence-corrected chi connectivity index (χ3v) is 3.49. The van der Waals surface area contributed by atoms with Gasteiger partial charge in [-0.3, -0.25) is 4.79 Å². The standard InChI is InChI=1S/C14H16IN3O4/c1-9(20)10-6-16-18-11(10)4-5-12(13(18)17(15)8-19)22-7-14(2,3)21/h4-6,8,20-21H,1,7H2,2-3H3. The Hall–Kier alpha value is -1.81. The Morgan fingerprint density at radius 3 is 2.82 bits per heavy atom. The second kappa shape index (κ2) is 6.13. The van der Waals surface area contributed by atoms with Gasteiger partial charge in [0.25, 0.3) is 0 Å². The number of carbonyl (C=O) groups excluding carboxylic acids is 1. The smallest absolute Gasteiger partial charge is 0.224 e. The first-order valence-corrected chi connectivity index (χ1v) is 7.35. The summed E-state index contributed by atoms with van der Waals surface area (Å²) in [6.07, 6.45) is 2.07. The molecule has 0 bridgehead atoms. The van der Waals surface area contributed by atoms with Crippen molar-refractivity contribution in [3.05, 3.63) is 30.5 Å². The van der Waals surface area contributed by atoms with Gasteiger partial charge < -0.3 is 14.9 Å². The molecular formula is C14H16IN3O4. The number of aliphatic hydroxyl groups excluding tert-OH is 1. The van der Waals surface area contributed by atoms with Crippen molar-refractivity contribution in [2.45, 2.75) is 19.4 Å². The van der Waals surface area contributed by atoms with E-state index in [0.717, 1.165) is 0 Å². The first-order chi connectivity index (χ1) is 10.2. The maximum absolute atomic E-state index is 11.1. The molecule has 0 aliphatic carbocycles. The van der Waals surface area contributed by atoms with Crippen LogP contribution in [0.2, 0.25) is 0 Å². The molecule has 0 spiro atoms. The Kier molecular flexibility index (Phi) is 4.61. The van der Waals surface area contributed by atoms with Crippen LogP contribution in [-0.2, 0) is 4.79 Å². The van der Waals surface area contributed by atoms with Gasteiger partial charge in [-0.25, -0.2) is 7.63 Å². The Balaban J connectivity index is 2.57. The highest BCUT2D eigenvalue weighted by atomic mass is 127. The molecule has 2 N–H and O–H groups in total. The summed E-state index contributed by atoms with van der Waals surface area (Å²) < 4.78 is 8.35. The fourth-order valence-corrected chi connectivity index (χ4v) is 2.30. The third-order valence-electron chi connectivity index (χ3n) is 2.81. The average molecular weight is 417 g/mol. The van der Waals surface area contributed by atoms with E-state index < -0.39 is 5.60 Å². The summed E-state index contributed by atoms with van der Waals surface area (Å²) in [4.78, 5) is 11.1. The summed E-state index contributed by atoms with van der Waals surface area (Å²) >= 11 is 1.81. The van der Waals surface area contributed by atoms with Gasteiger partial charge in [-0.05, 0) is 26.0 Å². The number of halogens is 1. The van der Waals surface area contributed by atoms with Crippen LogP contribution in [-0.4, -0.2) is 38.4 Å². The molecule has 0 fully saturated rings. The molecule has 2 heterocycles. The van der Waals surface area contributed by atoms with Crippen molar-refractivity contribution in [3.63, 3.8) is 0 Å². The summed E-state index contributed by atoms with van der Waals surface area (Å²) in [5.41, 5.74) is 0.0330. The lowest BCUT2D eigenvalue weighted by molar-refractivity contribution is -0.106. The van der Waals surface area contributed by atoms with E-state index in [1.807, 2.05) is 22.9 Å². The molecule has 2 rings (SSSR count). The van der Waals surface area contributed by atoms with Crippen LogP contribution in [0.3, 0.4) is 0 Å². The molecule has 8 heteroatoms. The van der Waals surface area contributed by atoms with Crippen molar-refractivity contribution >= 4 is 46.4 Å². The molecule has 22 heavy (non-hydrogen) atoms. The molecule has 1 amide bonds. The molecule has 2 aromatic rings. The molecule has 0 aromatic carbocycles. The molecule has 7 nitrogen and oxygen atoms in total. The van der Waals surface area contributed by atoms with E-state index in [1.54, 1.807) is 26.0 Å². The van der Waals surface area contributed by atoms with E-state index in [2.05, 4.69) is 11.7 Å². The molecule has 0 radical (unpaired) electrons. The molecule has 0 aliphatic rings. The van der Waals surface area contributed by atoms with Gasteiger partial charge in [0.15, 0.2) is 11.6 Å². The molecule has 0 aliphatic heterocycles. The lowest BCUT2D eigenvalue weighted by atomic mass is 10.2. The third kappa shape index (κ3) is 3.33. The summed E-state index contributed by atoms with van der Waals surface area (Å²) in [6.45, 7) is 6.78. The highest BCUT2D eigenvalue weighted by Gasteiger charge is 2.20. The fourth-order valence-electron chi connectivity index (χ4n) is 1.86. The lowest BCUT2D eigenvalue weighted by Gasteiger charge is -2.21. The van der Waals surface area contributed by atoms with Crippen molar-refractivity contribution in [3.8, 4) is 5.75 Å². The van der Waals surface area contributed by atoms with Gasteiger partial charge in [-0.2, -0.15) is 5.10 Å². The Morgan fingerprint density at radius 1 is 1.59 bits per heavy atom. The number of pyridine rings is 1. The number of aromatic nitrogens is 2. The largest absolute Gasteiger partial charge is 0.508 e. The Labute approximate surface area is 141 Å². The minimum Gasteiger partial charge on any atom is -0.508 e. The summed E-state index contributed by atoms with van der Waals surface area (Å²) in [5, 5.41) is 23.5. The van der Waals surface area contributed by atoms with E-state index in [-0.39, 0.29) is 12.4 Å². The summed E-state index contributed by atoms with van der Waals surface area (Å²) in [7, 11) is 0. The van der Waals surface area contributed by atoms with Gasteiger partial charge in [0.2, 0.25) is 6.41 Å². The van der Waals surface area contributed by atoms with Gasteiger partial charge in [-0.15, -0.1) is 0 Å². The van der Waals surface area contributed by atoms with E-state index in [9.17, 15) is 15.0 Å². The highest BCUT2D eigenvalue weighted by Crippen LogP contribution is 2.33. The normalized spacial score (nSPS) is 11.5. The lowest BCUT2D eigenvalue weighted by Crippen LogP contribution is -2.28. The van der Waals surface area contributed by atoms with Crippen LogP contribution in [0.5, 0.6) is 5.75 Å². The topological polar surface area (TPSA) is 87.3 Å². The number of aliphatic hydroxyl groups is 2. The van der Waals surface area contributed by atoms with Gasteiger partial charge in [0.05, 0.1) is 45.7 Å². The number of anilines is 1. The number of hydrogen-bond acceptors (Lipinski definition) is 5. The fraction of sp³-hybridized carbons (Fsp3) is 0.286. The van der Waals surface area contributed by atoms with E-state index >= 15 is 0 Å². The molecule has 2 aromatic heterocycles. The number of ether oxygens (including phenoxy) is 1. The van der Waals surface area contributed by atoms with Crippen molar-refractivity contribution in [1.82, 2.24) is 9.61 Å². The zero-order chi connectivity index (χ0) is 16.5. The van der Waals surface area contributed by atoms with Crippen LogP contribution in [0.1, 0.15) is 19.4 Å². The zero-order valence-electron chi connectivity index (χ0n) is 12.2. The van der Waals surface area contributed by atoms with Gasteiger partial charge >= 0.3 is 0 Å². The van der Waals surface area contributed by atoms with Gasteiger partial charge in [0, 0.05) is 0 Å². The number of fused-ring (bicyclic) bond motifs is 1. The average Bonchev–Trinajstić information content (AvgIpc) is 2.86. The van der Waals surface area contributed by atoms with Crippen LogP contribution < -0.4 is 7.85 Å². The highest BCUT2D eigenvalue weighted by molar-refractivity contribution is 14.1. The first kappa shape index (κ1) is 16.6. The van der Waals surface area contributed by atoms with Crippen molar-refractivity contribution in [2.24, 2.45) is 0 Å². The summed E-state index contributed by atoms with van der Waals surface area (Å²) in [5.74, 6) is 0.649. The van der Waals surface area contributed by atoms with Crippen molar-refractivity contribution < 1.29 is 19.7 Å². The maximum atomic E-state index is 11.1. The number of rotatable bonds is 6. The number of carbonyl (C=O) groups is 1. The SMILES string of the molecule is C=C(O)c1cnn2c(N(I)C=O)c(OCC(C)(C)O)ccc12. The number of hydrogen-bond donors (Lipinski definition) is 2. The van der Waals surface area contributed by atoms with Crippen molar-refractivity contribution in [1.29, 1.82) is 0 Å². The second-order valence-electron chi connectivity index (χ2n) is 5.34.